The lowest BCUT2D eigenvalue weighted by Crippen LogP contribution is -2.13. The first-order valence-electron chi connectivity index (χ1n) is 8.00. The third-order valence-corrected chi connectivity index (χ3v) is 5.22. The molecule has 2 heterocycles. The van der Waals surface area contributed by atoms with Crippen LogP contribution in [0.5, 0.6) is 11.5 Å². The maximum absolute atomic E-state index is 6.01. The van der Waals surface area contributed by atoms with Gasteiger partial charge in [0.15, 0.2) is 11.5 Å². The minimum absolute atomic E-state index is 0.258. The van der Waals surface area contributed by atoms with E-state index in [-0.39, 0.29) is 6.79 Å². The van der Waals surface area contributed by atoms with Crippen LogP contribution in [0.3, 0.4) is 0 Å². The topological polar surface area (TPSA) is 48.1 Å². The molecule has 1 aromatic heterocycles. The number of hydrogen-bond donors (Lipinski definition) is 0. The molecule has 0 radical (unpaired) electrons. The molecule has 0 atom stereocenters. The summed E-state index contributed by atoms with van der Waals surface area (Å²) >= 11 is 7.55. The SMILES string of the molecule is CN=c1scc(-c2ccc(Cl)cc2)n1N=C(C)c1ccc2c(c1)OCO2. The summed E-state index contributed by atoms with van der Waals surface area (Å²) in [6.45, 7) is 2.22. The van der Waals surface area contributed by atoms with Gasteiger partial charge in [-0.3, -0.25) is 4.99 Å². The average molecular weight is 386 g/mol. The van der Waals surface area contributed by atoms with E-state index in [1.54, 1.807) is 18.4 Å². The van der Waals surface area contributed by atoms with Gasteiger partial charge in [-0.1, -0.05) is 23.7 Å². The van der Waals surface area contributed by atoms with Gasteiger partial charge in [0.2, 0.25) is 11.6 Å². The summed E-state index contributed by atoms with van der Waals surface area (Å²) in [6.07, 6.45) is 0. The lowest BCUT2D eigenvalue weighted by Gasteiger charge is -2.07. The molecule has 0 saturated carbocycles. The molecule has 3 aromatic rings. The Hall–Kier alpha value is -2.57. The van der Waals surface area contributed by atoms with E-state index in [9.17, 15) is 0 Å². The molecule has 7 heteroatoms. The van der Waals surface area contributed by atoms with Gasteiger partial charge >= 0.3 is 0 Å². The van der Waals surface area contributed by atoms with Crippen molar-refractivity contribution in [3.63, 3.8) is 0 Å². The van der Waals surface area contributed by atoms with Gasteiger partial charge < -0.3 is 9.47 Å². The van der Waals surface area contributed by atoms with Crippen LogP contribution in [0.1, 0.15) is 12.5 Å². The highest BCUT2D eigenvalue weighted by Crippen LogP contribution is 2.32. The molecule has 2 aromatic carbocycles. The second kappa shape index (κ2) is 6.97. The molecule has 0 fully saturated rings. The predicted molar refractivity (Wildman–Crippen MR) is 104 cm³/mol. The van der Waals surface area contributed by atoms with Crippen molar-refractivity contribution in [1.82, 2.24) is 4.68 Å². The number of nitrogens with zero attached hydrogens (tertiary/aromatic N) is 3. The van der Waals surface area contributed by atoms with Crippen molar-refractivity contribution in [2.75, 3.05) is 13.8 Å². The number of hydrogen-bond acceptors (Lipinski definition) is 5. The Morgan fingerprint density at radius 3 is 2.65 bits per heavy atom. The van der Waals surface area contributed by atoms with Crippen LogP contribution < -0.4 is 14.3 Å². The van der Waals surface area contributed by atoms with Gasteiger partial charge in [0.25, 0.3) is 0 Å². The van der Waals surface area contributed by atoms with Crippen molar-refractivity contribution < 1.29 is 9.47 Å². The lowest BCUT2D eigenvalue weighted by molar-refractivity contribution is 0.174. The smallest absolute Gasteiger partial charge is 0.231 e. The van der Waals surface area contributed by atoms with Crippen LogP contribution in [0.15, 0.2) is 57.9 Å². The molecule has 0 aliphatic carbocycles. The first-order valence-corrected chi connectivity index (χ1v) is 9.26. The molecular formula is C19H16ClN3O2S. The molecule has 1 aliphatic rings. The zero-order valence-electron chi connectivity index (χ0n) is 14.3. The quantitative estimate of drug-likeness (QED) is 0.627. The monoisotopic (exact) mass is 385 g/mol. The van der Waals surface area contributed by atoms with Gasteiger partial charge in [-0.2, -0.15) is 5.10 Å². The number of aromatic nitrogens is 1. The molecule has 0 bridgehead atoms. The van der Waals surface area contributed by atoms with Gasteiger partial charge in [0.1, 0.15) is 0 Å². The van der Waals surface area contributed by atoms with Crippen LogP contribution in [0.2, 0.25) is 5.02 Å². The van der Waals surface area contributed by atoms with E-state index >= 15 is 0 Å². The maximum Gasteiger partial charge on any atom is 0.231 e. The van der Waals surface area contributed by atoms with E-state index in [4.69, 9.17) is 26.2 Å². The van der Waals surface area contributed by atoms with Gasteiger partial charge in [-0.25, -0.2) is 4.68 Å². The van der Waals surface area contributed by atoms with Crippen molar-refractivity contribution in [2.24, 2.45) is 10.1 Å². The fourth-order valence-corrected chi connectivity index (χ4v) is 3.62. The highest BCUT2D eigenvalue weighted by Gasteiger charge is 2.15. The minimum atomic E-state index is 0.258. The summed E-state index contributed by atoms with van der Waals surface area (Å²) in [7, 11) is 1.76. The first kappa shape index (κ1) is 16.9. The number of benzene rings is 2. The normalized spacial score (nSPS) is 14.1. The molecule has 0 amide bonds. The molecule has 0 spiro atoms. The summed E-state index contributed by atoms with van der Waals surface area (Å²) in [6, 6.07) is 13.5. The molecule has 0 unspecified atom stereocenters. The highest BCUT2D eigenvalue weighted by atomic mass is 35.5. The van der Waals surface area contributed by atoms with Crippen molar-refractivity contribution in [3.05, 3.63) is 63.2 Å². The van der Waals surface area contributed by atoms with Crippen molar-refractivity contribution in [3.8, 4) is 22.8 Å². The van der Waals surface area contributed by atoms with Crippen molar-refractivity contribution >= 4 is 28.6 Å². The third kappa shape index (κ3) is 3.13. The van der Waals surface area contributed by atoms with Crippen LogP contribution >= 0.6 is 22.9 Å². The third-order valence-electron chi connectivity index (χ3n) is 4.06. The van der Waals surface area contributed by atoms with E-state index in [1.165, 1.54) is 0 Å². The fraction of sp³-hybridized carbons (Fsp3) is 0.158. The number of thiazole rings is 1. The number of halogens is 1. The van der Waals surface area contributed by atoms with E-state index in [0.717, 1.165) is 38.8 Å². The van der Waals surface area contributed by atoms with Crippen LogP contribution in [0, 0.1) is 0 Å². The zero-order valence-corrected chi connectivity index (χ0v) is 15.8. The van der Waals surface area contributed by atoms with Crippen LogP contribution in [-0.2, 0) is 0 Å². The Balaban J connectivity index is 1.78. The first-order chi connectivity index (χ1) is 12.7. The molecule has 0 saturated heterocycles. The fourth-order valence-electron chi connectivity index (χ4n) is 2.70. The molecule has 5 nitrogen and oxygen atoms in total. The molecule has 1 aliphatic heterocycles. The van der Waals surface area contributed by atoms with Crippen LogP contribution in [0.25, 0.3) is 11.3 Å². The van der Waals surface area contributed by atoms with Crippen LogP contribution in [0.4, 0.5) is 0 Å². The average Bonchev–Trinajstić information content (AvgIpc) is 3.28. The summed E-state index contributed by atoms with van der Waals surface area (Å²) in [5.74, 6) is 1.50. The largest absolute Gasteiger partial charge is 0.454 e. The Kier molecular flexibility index (Phi) is 4.53. The second-order valence-corrected chi connectivity index (χ2v) is 6.97. The molecular weight excluding hydrogens is 370 g/mol. The molecule has 132 valence electrons. The summed E-state index contributed by atoms with van der Waals surface area (Å²) in [5, 5.41) is 7.55. The summed E-state index contributed by atoms with van der Waals surface area (Å²) in [5.41, 5.74) is 3.82. The number of ether oxygens (including phenoxy) is 2. The Labute approximate surface area is 159 Å². The van der Waals surface area contributed by atoms with Crippen molar-refractivity contribution in [2.45, 2.75) is 6.92 Å². The van der Waals surface area contributed by atoms with Gasteiger partial charge in [-0.15, -0.1) is 11.3 Å². The Morgan fingerprint density at radius 2 is 1.88 bits per heavy atom. The van der Waals surface area contributed by atoms with E-state index in [1.807, 2.05) is 59.4 Å². The van der Waals surface area contributed by atoms with Gasteiger partial charge in [0, 0.05) is 28.6 Å². The number of rotatable bonds is 3. The highest BCUT2D eigenvalue weighted by molar-refractivity contribution is 7.07. The second-order valence-electron chi connectivity index (χ2n) is 5.70. The van der Waals surface area contributed by atoms with E-state index < -0.39 is 0 Å². The van der Waals surface area contributed by atoms with E-state index in [2.05, 4.69) is 4.99 Å². The maximum atomic E-state index is 6.01. The Bertz CT molecular complexity index is 1050. The molecule has 26 heavy (non-hydrogen) atoms. The molecule has 4 rings (SSSR count). The number of fused-ring (bicyclic) bond motifs is 1. The van der Waals surface area contributed by atoms with E-state index in [0.29, 0.717) is 5.02 Å². The lowest BCUT2D eigenvalue weighted by atomic mass is 10.1. The standard InChI is InChI=1S/C19H16ClN3O2S/c1-12(14-5-8-17-18(9-14)25-11-24-17)22-23-16(10-26-19(23)21-2)13-3-6-15(20)7-4-13/h3-10H,11H2,1-2H3. The summed E-state index contributed by atoms with van der Waals surface area (Å²) in [4.78, 5) is 5.16. The van der Waals surface area contributed by atoms with Crippen molar-refractivity contribution in [1.29, 1.82) is 0 Å². The summed E-state index contributed by atoms with van der Waals surface area (Å²) < 4.78 is 12.7. The van der Waals surface area contributed by atoms with Gasteiger partial charge in [-0.05, 0) is 37.3 Å². The molecule has 0 N–H and O–H groups in total. The Morgan fingerprint density at radius 1 is 1.12 bits per heavy atom. The predicted octanol–water partition coefficient (Wildman–Crippen LogP) is 4.40. The zero-order chi connectivity index (χ0) is 18.1. The van der Waals surface area contributed by atoms with Gasteiger partial charge in [0.05, 0.1) is 11.4 Å². The minimum Gasteiger partial charge on any atom is -0.454 e. The van der Waals surface area contributed by atoms with Crippen LogP contribution in [-0.4, -0.2) is 24.2 Å².